The zero-order valence-corrected chi connectivity index (χ0v) is 17.5. The Hall–Kier alpha value is -3.46. The summed E-state index contributed by atoms with van der Waals surface area (Å²) < 4.78 is 1.38. The number of aliphatic imine (C=N–C) groups is 1. The maximum Gasteiger partial charge on any atom is 0.280 e. The van der Waals surface area contributed by atoms with Crippen LogP contribution in [0.2, 0.25) is 0 Å². The van der Waals surface area contributed by atoms with Crippen molar-refractivity contribution >= 4 is 38.9 Å². The van der Waals surface area contributed by atoms with Gasteiger partial charge in [0.2, 0.25) is 0 Å². The van der Waals surface area contributed by atoms with Gasteiger partial charge in [-0.3, -0.25) is 18.9 Å². The summed E-state index contributed by atoms with van der Waals surface area (Å²) in [5, 5.41) is 21.7. The molecule has 1 aliphatic rings. The molecule has 1 amide bonds. The minimum absolute atomic E-state index is 0.236. The van der Waals surface area contributed by atoms with Gasteiger partial charge in [-0.15, -0.1) is 0 Å². The van der Waals surface area contributed by atoms with Crippen LogP contribution in [-0.2, 0) is 0 Å². The van der Waals surface area contributed by atoms with E-state index in [4.69, 9.17) is 4.98 Å². The van der Waals surface area contributed by atoms with Crippen molar-refractivity contribution in [3.8, 4) is 0 Å². The van der Waals surface area contributed by atoms with Gasteiger partial charge in [0.1, 0.15) is 0 Å². The number of aliphatic hydroxyl groups excluding tert-OH is 2. The van der Waals surface area contributed by atoms with E-state index in [9.17, 15) is 19.8 Å². The van der Waals surface area contributed by atoms with Gasteiger partial charge < -0.3 is 10.2 Å². The number of fused-ring (bicyclic) bond motifs is 4. The average molecular weight is 430 g/mol. The van der Waals surface area contributed by atoms with E-state index in [-0.39, 0.29) is 16.8 Å². The summed E-state index contributed by atoms with van der Waals surface area (Å²) in [4.78, 5) is 36.9. The van der Waals surface area contributed by atoms with Gasteiger partial charge in [0.25, 0.3) is 11.5 Å². The number of likely N-dealkylation sites (tertiary alicyclic amines) is 1. The first kappa shape index (κ1) is 20.4. The molecule has 0 radical (unpaired) electrons. The lowest BCUT2D eigenvalue weighted by Gasteiger charge is -2.14. The summed E-state index contributed by atoms with van der Waals surface area (Å²) in [6.45, 7) is 2.73. The minimum atomic E-state index is -0.796. The van der Waals surface area contributed by atoms with Gasteiger partial charge in [0.05, 0.1) is 28.7 Å². The normalized spacial score (nSPS) is 19.9. The zero-order chi connectivity index (χ0) is 22.4. The van der Waals surface area contributed by atoms with Crippen molar-refractivity contribution in [3.05, 3.63) is 70.6 Å². The summed E-state index contributed by atoms with van der Waals surface area (Å²) in [7, 11) is 0. The number of aromatic nitrogens is 2. The van der Waals surface area contributed by atoms with Gasteiger partial charge in [0.15, 0.2) is 5.65 Å². The lowest BCUT2D eigenvalue weighted by Crippen LogP contribution is -2.28. The molecule has 1 fully saturated rings. The SMILES string of the molecule is C/C(CN1C[C@H](O)[C@@H](O)C1)=N\C(=O)c1cccn2c(=O)c3ccc4ccccc4c3nc12. The molecule has 2 aromatic carbocycles. The highest BCUT2D eigenvalue weighted by molar-refractivity contribution is 6.09. The quantitative estimate of drug-likeness (QED) is 0.291. The van der Waals surface area contributed by atoms with E-state index in [1.807, 2.05) is 35.2 Å². The number of rotatable bonds is 3. The molecular formula is C24H22N4O4. The Morgan fingerprint density at radius 3 is 2.59 bits per heavy atom. The predicted molar refractivity (Wildman–Crippen MR) is 122 cm³/mol. The Balaban J connectivity index is 1.58. The summed E-state index contributed by atoms with van der Waals surface area (Å²) in [6, 6.07) is 14.6. The van der Waals surface area contributed by atoms with Crippen LogP contribution in [0, 0.1) is 0 Å². The number of pyridine rings is 1. The zero-order valence-electron chi connectivity index (χ0n) is 17.5. The number of β-amino-alcohol motifs (C(OH)–C–C–N with tert-alkyl or cyclic N) is 2. The molecule has 1 aliphatic heterocycles. The lowest BCUT2D eigenvalue weighted by atomic mass is 10.1. The second kappa shape index (κ2) is 7.90. The van der Waals surface area contributed by atoms with Crippen LogP contribution in [-0.4, -0.2) is 68.0 Å². The van der Waals surface area contributed by atoms with Crippen LogP contribution in [0.15, 0.2) is 64.5 Å². The fraction of sp³-hybridized carbons (Fsp3) is 0.250. The monoisotopic (exact) mass is 430 g/mol. The molecule has 0 aliphatic carbocycles. The van der Waals surface area contributed by atoms with Gasteiger partial charge in [-0.1, -0.05) is 30.3 Å². The van der Waals surface area contributed by atoms with E-state index >= 15 is 0 Å². The molecule has 32 heavy (non-hydrogen) atoms. The van der Waals surface area contributed by atoms with Crippen LogP contribution in [0.1, 0.15) is 17.3 Å². The number of carbonyl (C=O) groups excluding carboxylic acids is 1. The molecule has 8 heteroatoms. The van der Waals surface area contributed by atoms with Crippen LogP contribution in [0.3, 0.4) is 0 Å². The Kier molecular flexibility index (Phi) is 5.05. The third-order valence-corrected chi connectivity index (χ3v) is 5.84. The molecule has 0 unspecified atom stereocenters. The Morgan fingerprint density at radius 2 is 1.81 bits per heavy atom. The fourth-order valence-corrected chi connectivity index (χ4v) is 4.30. The first-order chi connectivity index (χ1) is 15.4. The topological polar surface area (TPSA) is 107 Å². The fourth-order valence-electron chi connectivity index (χ4n) is 4.30. The van der Waals surface area contributed by atoms with Crippen molar-refractivity contribution in [1.82, 2.24) is 14.3 Å². The summed E-state index contributed by atoms with van der Waals surface area (Å²) >= 11 is 0. The number of aliphatic hydroxyl groups is 2. The van der Waals surface area contributed by atoms with Crippen LogP contribution < -0.4 is 5.56 Å². The molecular weight excluding hydrogens is 408 g/mol. The van der Waals surface area contributed by atoms with Crippen molar-refractivity contribution < 1.29 is 15.0 Å². The van der Waals surface area contributed by atoms with Crippen LogP contribution in [0.25, 0.3) is 27.3 Å². The van der Waals surface area contributed by atoms with Crippen molar-refractivity contribution in [1.29, 1.82) is 0 Å². The lowest BCUT2D eigenvalue weighted by molar-refractivity contribution is 0.0572. The van der Waals surface area contributed by atoms with Crippen LogP contribution in [0.5, 0.6) is 0 Å². The molecule has 0 saturated carbocycles. The summed E-state index contributed by atoms with van der Waals surface area (Å²) in [5.74, 6) is -0.493. The number of carbonyl (C=O) groups is 1. The molecule has 162 valence electrons. The molecule has 8 nitrogen and oxygen atoms in total. The highest BCUT2D eigenvalue weighted by Crippen LogP contribution is 2.23. The van der Waals surface area contributed by atoms with E-state index < -0.39 is 18.1 Å². The molecule has 2 atom stereocenters. The Bertz CT molecular complexity index is 1450. The third kappa shape index (κ3) is 3.48. The number of hydrogen-bond donors (Lipinski definition) is 2. The number of benzene rings is 2. The summed E-state index contributed by atoms with van der Waals surface area (Å²) in [6.07, 6.45) is 0.00567. The second-order valence-electron chi connectivity index (χ2n) is 8.20. The highest BCUT2D eigenvalue weighted by Gasteiger charge is 2.29. The second-order valence-corrected chi connectivity index (χ2v) is 8.20. The number of amides is 1. The van der Waals surface area contributed by atoms with Gasteiger partial charge in [-0.05, 0) is 30.5 Å². The molecule has 5 rings (SSSR count). The number of nitrogens with zero attached hydrogens (tertiary/aromatic N) is 4. The molecule has 0 bridgehead atoms. The van der Waals surface area contributed by atoms with Crippen LogP contribution in [0.4, 0.5) is 0 Å². The van der Waals surface area contributed by atoms with Crippen molar-refractivity contribution in [3.63, 3.8) is 0 Å². The van der Waals surface area contributed by atoms with Gasteiger partial charge in [-0.25, -0.2) is 9.98 Å². The highest BCUT2D eigenvalue weighted by atomic mass is 16.3. The Morgan fingerprint density at radius 1 is 1.06 bits per heavy atom. The largest absolute Gasteiger partial charge is 0.389 e. The van der Waals surface area contributed by atoms with Gasteiger partial charge >= 0.3 is 0 Å². The van der Waals surface area contributed by atoms with Crippen molar-refractivity contribution in [2.24, 2.45) is 4.99 Å². The Labute approximate surface area is 183 Å². The summed E-state index contributed by atoms with van der Waals surface area (Å²) in [5.41, 5.74) is 1.35. The van der Waals surface area contributed by atoms with Crippen molar-refractivity contribution in [2.45, 2.75) is 19.1 Å². The number of hydrogen-bond acceptors (Lipinski definition) is 6. The first-order valence-corrected chi connectivity index (χ1v) is 10.4. The van der Waals surface area contributed by atoms with E-state index in [2.05, 4.69) is 4.99 Å². The van der Waals surface area contributed by atoms with E-state index in [1.165, 1.54) is 4.40 Å². The molecule has 1 saturated heterocycles. The van der Waals surface area contributed by atoms with E-state index in [0.717, 1.165) is 10.8 Å². The minimum Gasteiger partial charge on any atom is -0.389 e. The third-order valence-electron chi connectivity index (χ3n) is 5.84. The van der Waals surface area contributed by atoms with Crippen LogP contribution >= 0.6 is 0 Å². The maximum atomic E-state index is 13.1. The van der Waals surface area contributed by atoms with Crippen molar-refractivity contribution in [2.75, 3.05) is 19.6 Å². The van der Waals surface area contributed by atoms with Gasteiger partial charge in [-0.2, -0.15) is 0 Å². The maximum absolute atomic E-state index is 13.1. The first-order valence-electron chi connectivity index (χ1n) is 10.4. The van der Waals surface area contributed by atoms with Gasteiger partial charge in [0, 0.05) is 36.9 Å². The molecule has 0 spiro atoms. The van der Waals surface area contributed by atoms with E-state index in [1.54, 1.807) is 31.3 Å². The van der Waals surface area contributed by atoms with E-state index in [0.29, 0.717) is 36.2 Å². The smallest absolute Gasteiger partial charge is 0.280 e. The molecule has 2 N–H and O–H groups in total. The molecule has 4 aromatic rings. The standard InChI is InChI=1S/C24H22N4O4/c1-14(11-27-12-19(29)20(30)13-27)25-23(31)18-7-4-10-28-22(18)26-21-16-6-3-2-5-15(16)8-9-17(21)24(28)32/h2-10,19-20,29-30H,11-13H2,1H3/b25-14+/t19-,20-/m0/s1. The molecule has 2 aromatic heterocycles. The average Bonchev–Trinajstić information content (AvgIpc) is 3.09. The predicted octanol–water partition coefficient (Wildman–Crippen LogP) is 1.64. The molecule has 3 heterocycles.